The van der Waals surface area contributed by atoms with E-state index in [0.717, 1.165) is 15.9 Å². The quantitative estimate of drug-likeness (QED) is 0.136. The molecule has 12 heteroatoms. The number of hydrogen-bond acceptors (Lipinski definition) is 7. The molecule has 1 radical (unpaired) electrons. The van der Waals surface area contributed by atoms with Gasteiger partial charge in [-0.05, 0) is 65.5 Å². The first kappa shape index (κ1) is 37.6. The molecule has 0 spiro atoms. The Bertz CT molecular complexity index is 2060. The molecule has 52 heavy (non-hydrogen) atoms. The number of nitrogens with zero attached hydrogens (tertiary/aromatic N) is 3. The van der Waals surface area contributed by atoms with Gasteiger partial charge in [-0.25, -0.2) is 14.2 Å². The summed E-state index contributed by atoms with van der Waals surface area (Å²) in [5.74, 6) is 0.604. The molecule has 5 aromatic rings. The van der Waals surface area contributed by atoms with E-state index in [4.69, 9.17) is 37.1 Å². The van der Waals surface area contributed by atoms with Gasteiger partial charge in [0, 0.05) is 17.3 Å². The second-order valence-corrected chi connectivity index (χ2v) is 17.4. The molecule has 1 N–H and O–H groups in total. The summed E-state index contributed by atoms with van der Waals surface area (Å²) in [5.41, 5.74) is -0.920. The Kier molecular flexibility index (Phi) is 11.4. The highest BCUT2D eigenvalue weighted by molar-refractivity contribution is 6.80. The fraction of sp³-hybridized carbons (Fsp3) is 0.325. The molecule has 1 aliphatic rings. The lowest BCUT2D eigenvalue weighted by atomic mass is 9.69. The third kappa shape index (κ3) is 8.53. The Morgan fingerprint density at radius 2 is 1.50 bits per heavy atom. The van der Waals surface area contributed by atoms with Gasteiger partial charge in [0.05, 0.1) is 42.4 Å². The molecule has 1 fully saturated rings. The van der Waals surface area contributed by atoms with Crippen LogP contribution < -0.4 is 31.8 Å². The lowest BCUT2D eigenvalue weighted by molar-refractivity contribution is -0.197. The number of ether oxygens (including phenoxy) is 2. The summed E-state index contributed by atoms with van der Waals surface area (Å²) in [6.07, 6.45) is -0.447. The molecule has 1 saturated heterocycles. The van der Waals surface area contributed by atoms with E-state index >= 15 is 0 Å². The number of benzene rings is 4. The molecule has 1 atom stereocenters. The van der Waals surface area contributed by atoms with Crippen molar-refractivity contribution in [3.8, 4) is 5.75 Å². The van der Waals surface area contributed by atoms with Gasteiger partial charge in [-0.15, -0.1) is 0 Å². The first-order chi connectivity index (χ1) is 24.8. The minimum Gasteiger partial charge on any atom is -0.489 e. The SMILES string of the molecule is CC(C)Oc1ccc(Nc2nc(=O)n(CC3(C(O[Si](c4ccccc4)c4ccccc4)C(C)(C)C)COC3)c(=O)n2Cc2ccc(Cl)cc2)cc1Cl. The first-order valence-electron chi connectivity index (χ1n) is 17.2. The number of halogens is 2. The van der Waals surface area contributed by atoms with E-state index in [1.54, 1.807) is 30.3 Å². The van der Waals surface area contributed by atoms with Crippen LogP contribution in [0.1, 0.15) is 40.2 Å². The van der Waals surface area contributed by atoms with Crippen LogP contribution in [0.2, 0.25) is 10.0 Å². The molecule has 271 valence electrons. The Morgan fingerprint density at radius 1 is 0.885 bits per heavy atom. The summed E-state index contributed by atoms with van der Waals surface area (Å²) in [6.45, 7) is 11.0. The summed E-state index contributed by atoms with van der Waals surface area (Å²) in [4.78, 5) is 33.0. The number of rotatable bonds is 13. The van der Waals surface area contributed by atoms with E-state index in [0.29, 0.717) is 34.7 Å². The molecule has 0 amide bonds. The summed E-state index contributed by atoms with van der Waals surface area (Å²) >= 11 is 12.7. The topological polar surface area (TPSA) is 96.6 Å². The van der Waals surface area contributed by atoms with Crippen molar-refractivity contribution < 1.29 is 13.9 Å². The van der Waals surface area contributed by atoms with Crippen LogP contribution in [0.3, 0.4) is 0 Å². The minimum atomic E-state index is -1.74. The Morgan fingerprint density at radius 3 is 2.02 bits per heavy atom. The molecule has 1 unspecified atom stereocenters. The third-order valence-electron chi connectivity index (χ3n) is 8.86. The van der Waals surface area contributed by atoms with Gasteiger partial charge >= 0.3 is 11.4 Å². The zero-order valence-corrected chi connectivity index (χ0v) is 32.4. The summed E-state index contributed by atoms with van der Waals surface area (Å²) in [6, 6.07) is 32.8. The molecule has 4 aromatic carbocycles. The third-order valence-corrected chi connectivity index (χ3v) is 11.6. The van der Waals surface area contributed by atoms with Gasteiger partial charge in [0.25, 0.3) is 9.04 Å². The van der Waals surface area contributed by atoms with E-state index in [2.05, 4.69) is 55.3 Å². The monoisotopic (exact) mass is 757 g/mol. The molecular formula is C40H43Cl2N4O5Si. The largest absolute Gasteiger partial charge is 0.489 e. The zero-order valence-electron chi connectivity index (χ0n) is 29.9. The van der Waals surface area contributed by atoms with Crippen LogP contribution in [0.25, 0.3) is 0 Å². The van der Waals surface area contributed by atoms with Crippen LogP contribution in [0.15, 0.2) is 113 Å². The number of hydrogen-bond donors (Lipinski definition) is 1. The van der Waals surface area contributed by atoms with Crippen LogP contribution in [-0.2, 0) is 22.3 Å². The average molecular weight is 759 g/mol. The Labute approximate surface area is 315 Å². The van der Waals surface area contributed by atoms with Crippen molar-refractivity contribution in [1.82, 2.24) is 14.1 Å². The van der Waals surface area contributed by atoms with Gasteiger partial charge in [0.1, 0.15) is 5.75 Å². The molecule has 1 aliphatic heterocycles. The van der Waals surface area contributed by atoms with Crippen molar-refractivity contribution in [3.05, 3.63) is 140 Å². The lowest BCUT2D eigenvalue weighted by Gasteiger charge is -2.52. The van der Waals surface area contributed by atoms with Crippen molar-refractivity contribution in [1.29, 1.82) is 0 Å². The highest BCUT2D eigenvalue weighted by Crippen LogP contribution is 2.43. The van der Waals surface area contributed by atoms with Crippen LogP contribution in [-0.4, -0.2) is 48.6 Å². The zero-order chi connectivity index (χ0) is 37.0. The van der Waals surface area contributed by atoms with E-state index in [-0.39, 0.29) is 36.7 Å². The minimum absolute atomic E-state index is 0.0618. The predicted octanol–water partition coefficient (Wildman–Crippen LogP) is 6.54. The van der Waals surface area contributed by atoms with Gasteiger partial charge < -0.3 is 19.2 Å². The second kappa shape index (κ2) is 15.8. The maximum Gasteiger partial charge on any atom is 0.354 e. The van der Waals surface area contributed by atoms with Crippen molar-refractivity contribution in [2.24, 2.45) is 10.8 Å². The van der Waals surface area contributed by atoms with Crippen molar-refractivity contribution >= 4 is 54.3 Å². The van der Waals surface area contributed by atoms with Crippen LogP contribution in [0.5, 0.6) is 5.75 Å². The molecule has 9 nitrogen and oxygen atoms in total. The van der Waals surface area contributed by atoms with E-state index in [9.17, 15) is 9.59 Å². The number of nitrogens with one attached hydrogen (secondary N) is 1. The highest BCUT2D eigenvalue weighted by atomic mass is 35.5. The molecule has 2 heterocycles. The summed E-state index contributed by atoms with van der Waals surface area (Å²) < 4.78 is 21.6. The van der Waals surface area contributed by atoms with E-state index in [1.807, 2.05) is 62.4 Å². The average Bonchev–Trinajstić information content (AvgIpc) is 3.09. The van der Waals surface area contributed by atoms with Gasteiger partial charge in [0.15, 0.2) is 0 Å². The molecule has 6 rings (SSSR count). The maximum absolute atomic E-state index is 14.6. The van der Waals surface area contributed by atoms with Crippen molar-refractivity contribution in [3.63, 3.8) is 0 Å². The molecule has 0 saturated carbocycles. The highest BCUT2D eigenvalue weighted by Gasteiger charge is 2.53. The summed E-state index contributed by atoms with van der Waals surface area (Å²) in [5, 5.41) is 6.32. The predicted molar refractivity (Wildman–Crippen MR) is 209 cm³/mol. The van der Waals surface area contributed by atoms with Gasteiger partial charge in [-0.1, -0.05) is 117 Å². The molecule has 0 bridgehead atoms. The van der Waals surface area contributed by atoms with Gasteiger partial charge in [-0.2, -0.15) is 4.98 Å². The van der Waals surface area contributed by atoms with Crippen molar-refractivity contribution in [2.45, 2.75) is 59.9 Å². The van der Waals surface area contributed by atoms with Crippen LogP contribution in [0, 0.1) is 10.8 Å². The number of aromatic nitrogens is 3. The number of anilines is 2. The first-order valence-corrected chi connectivity index (χ1v) is 19.4. The smallest absolute Gasteiger partial charge is 0.354 e. The van der Waals surface area contributed by atoms with Crippen LogP contribution >= 0.6 is 23.2 Å². The fourth-order valence-corrected chi connectivity index (χ4v) is 9.34. The molecule has 0 aliphatic carbocycles. The van der Waals surface area contributed by atoms with Crippen LogP contribution in [0.4, 0.5) is 11.6 Å². The Hall–Kier alpha value is -4.19. The Balaban J connectivity index is 1.40. The van der Waals surface area contributed by atoms with Gasteiger partial charge in [0.2, 0.25) is 5.95 Å². The standard InChI is InChI=1S/C40H43Cl2N4O5Si/c1-27(2)50-34-21-20-30(22-33(34)42)43-36-44-37(47)46(38(48)45(36)23-28-16-18-29(41)19-17-28)24-40(25-49-26-40)35(39(3,4)5)51-52(31-12-8-6-9-13-31)32-14-10-7-11-15-32/h6-22,27,35H,23-26H2,1-5H3,(H,43,44,47). The van der Waals surface area contributed by atoms with E-state index in [1.165, 1.54) is 9.13 Å². The lowest BCUT2D eigenvalue weighted by Crippen LogP contribution is -2.64. The normalized spacial score (nSPS) is 14.6. The van der Waals surface area contributed by atoms with Gasteiger partial charge in [-0.3, -0.25) is 4.57 Å². The molecule has 1 aromatic heterocycles. The fourth-order valence-electron chi connectivity index (χ4n) is 6.56. The van der Waals surface area contributed by atoms with E-state index < -0.39 is 25.8 Å². The maximum atomic E-state index is 14.6. The second-order valence-electron chi connectivity index (χ2n) is 14.5. The van der Waals surface area contributed by atoms with Crippen molar-refractivity contribution in [2.75, 3.05) is 18.5 Å². The molecular weight excluding hydrogens is 715 g/mol. The summed E-state index contributed by atoms with van der Waals surface area (Å²) in [7, 11) is -1.74.